The molecule has 2 aliphatic rings. The van der Waals surface area contributed by atoms with Gasteiger partial charge in [-0.25, -0.2) is 0 Å². The number of hydrogen-bond acceptors (Lipinski definition) is 5. The highest BCUT2D eigenvalue weighted by Crippen LogP contribution is 2.35. The number of piperidine rings is 1. The topological polar surface area (TPSA) is 65.4 Å². The fraction of sp³-hybridized carbons (Fsp3) is 0.300. The van der Waals surface area contributed by atoms with Crippen LogP contribution in [0.5, 0.6) is 11.5 Å². The van der Waals surface area contributed by atoms with Crippen molar-refractivity contribution in [2.24, 2.45) is 0 Å². The molecule has 1 fully saturated rings. The molecule has 6 heteroatoms. The Kier molecular flexibility index (Phi) is 3.64. The number of nitrogens with zero attached hydrogens (tertiary/aromatic N) is 2. The monoisotopic (exact) mass is 349 g/mol. The molecule has 0 saturated carbocycles. The Morgan fingerprint density at radius 3 is 2.88 bits per heavy atom. The van der Waals surface area contributed by atoms with E-state index in [0.717, 1.165) is 42.5 Å². The van der Waals surface area contributed by atoms with E-state index < -0.39 is 0 Å². The van der Waals surface area contributed by atoms with Gasteiger partial charge in [0.15, 0.2) is 11.5 Å². The van der Waals surface area contributed by atoms with Crippen molar-refractivity contribution in [2.75, 3.05) is 19.9 Å². The van der Waals surface area contributed by atoms with E-state index in [1.807, 2.05) is 18.3 Å². The molecule has 1 N–H and O–H groups in total. The predicted octanol–water partition coefficient (Wildman–Crippen LogP) is 2.92. The van der Waals surface area contributed by atoms with E-state index in [4.69, 9.17) is 9.47 Å². The van der Waals surface area contributed by atoms with Gasteiger partial charge in [0.05, 0.1) is 11.0 Å². The number of rotatable bonds is 2. The second kappa shape index (κ2) is 6.14. The average Bonchev–Trinajstić information content (AvgIpc) is 3.32. The number of ether oxygens (including phenoxy) is 2. The van der Waals surface area contributed by atoms with E-state index in [2.05, 4.69) is 10.3 Å². The minimum Gasteiger partial charge on any atom is -0.454 e. The molecule has 2 aromatic heterocycles. The van der Waals surface area contributed by atoms with Crippen molar-refractivity contribution in [3.05, 3.63) is 53.9 Å². The molecular weight excluding hydrogens is 330 g/mol. The summed E-state index contributed by atoms with van der Waals surface area (Å²) in [6.07, 6.45) is 5.89. The maximum Gasteiger partial charge on any atom is 0.262 e. The Bertz CT molecular complexity index is 989. The van der Waals surface area contributed by atoms with Gasteiger partial charge in [0.2, 0.25) is 6.79 Å². The number of nitrogens with one attached hydrogen (secondary N) is 1. The Labute approximate surface area is 150 Å². The maximum atomic E-state index is 13.2. The summed E-state index contributed by atoms with van der Waals surface area (Å²) >= 11 is 0. The molecule has 1 aromatic carbocycles. The zero-order chi connectivity index (χ0) is 17.5. The fourth-order valence-electron chi connectivity index (χ4n) is 3.85. The van der Waals surface area contributed by atoms with Gasteiger partial charge < -0.3 is 14.8 Å². The third-order valence-corrected chi connectivity index (χ3v) is 5.20. The summed E-state index contributed by atoms with van der Waals surface area (Å²) in [4.78, 5) is 17.8. The zero-order valence-corrected chi connectivity index (χ0v) is 14.3. The first kappa shape index (κ1) is 15.4. The van der Waals surface area contributed by atoms with Crippen LogP contribution in [0.25, 0.3) is 11.0 Å². The summed E-state index contributed by atoms with van der Waals surface area (Å²) in [5.74, 6) is 1.64. The lowest BCUT2D eigenvalue weighted by atomic mass is 9.91. The lowest BCUT2D eigenvalue weighted by Crippen LogP contribution is -2.26. The highest BCUT2D eigenvalue weighted by atomic mass is 16.7. The zero-order valence-electron chi connectivity index (χ0n) is 14.3. The van der Waals surface area contributed by atoms with Gasteiger partial charge in [0.25, 0.3) is 5.91 Å². The molecule has 0 aliphatic carbocycles. The molecule has 0 atom stereocenters. The third-order valence-electron chi connectivity index (χ3n) is 5.20. The molecule has 0 amide bonds. The highest BCUT2D eigenvalue weighted by Gasteiger charge is 2.24. The SMILES string of the molecule is O=C(c1ccc2c(c1)OCO2)n1cc(C2CCNCC2)c2ncccc21. The van der Waals surface area contributed by atoms with Crippen LogP contribution in [0.4, 0.5) is 0 Å². The van der Waals surface area contributed by atoms with Gasteiger partial charge >= 0.3 is 0 Å². The molecule has 0 radical (unpaired) electrons. The summed E-state index contributed by atoms with van der Waals surface area (Å²) < 4.78 is 12.5. The minimum absolute atomic E-state index is 0.0820. The molecule has 0 spiro atoms. The molecule has 5 rings (SSSR count). The van der Waals surface area contributed by atoms with Crippen LogP contribution in [-0.4, -0.2) is 35.3 Å². The predicted molar refractivity (Wildman–Crippen MR) is 96.9 cm³/mol. The Morgan fingerprint density at radius 1 is 1.15 bits per heavy atom. The molecule has 6 nitrogen and oxygen atoms in total. The summed E-state index contributed by atoms with van der Waals surface area (Å²) in [6.45, 7) is 2.20. The average molecular weight is 349 g/mol. The Hall–Kier alpha value is -2.86. The standard InChI is InChI=1S/C20H19N3O3/c24-20(14-3-4-17-18(10-14)26-12-25-17)23-11-15(13-5-8-21-9-6-13)19-16(23)2-1-7-22-19/h1-4,7,10-11,13,21H,5-6,8-9,12H2. The van der Waals surface area contributed by atoms with Crippen LogP contribution >= 0.6 is 0 Å². The van der Waals surface area contributed by atoms with Crippen molar-refractivity contribution < 1.29 is 14.3 Å². The van der Waals surface area contributed by atoms with Crippen LogP contribution in [0.3, 0.4) is 0 Å². The molecule has 3 aromatic rings. The summed E-state index contributed by atoms with van der Waals surface area (Å²) in [7, 11) is 0. The van der Waals surface area contributed by atoms with Gasteiger partial charge in [-0.05, 0) is 67.7 Å². The number of aromatic nitrogens is 2. The number of carbonyl (C=O) groups is 1. The van der Waals surface area contributed by atoms with Gasteiger partial charge in [-0.15, -0.1) is 0 Å². The smallest absolute Gasteiger partial charge is 0.262 e. The van der Waals surface area contributed by atoms with Crippen LogP contribution in [0.1, 0.15) is 34.7 Å². The first-order chi connectivity index (χ1) is 12.8. The summed E-state index contributed by atoms with van der Waals surface area (Å²) in [6, 6.07) is 9.14. The van der Waals surface area contributed by atoms with E-state index in [-0.39, 0.29) is 12.7 Å². The van der Waals surface area contributed by atoms with Gasteiger partial charge in [-0.1, -0.05) is 0 Å². The molecule has 4 heterocycles. The number of benzene rings is 1. The summed E-state index contributed by atoms with van der Waals surface area (Å²) in [5, 5.41) is 3.39. The van der Waals surface area contributed by atoms with Crippen LogP contribution in [0.15, 0.2) is 42.7 Å². The molecular formula is C20H19N3O3. The second-order valence-corrected chi connectivity index (χ2v) is 6.72. The van der Waals surface area contributed by atoms with Crippen molar-refractivity contribution in [3.8, 4) is 11.5 Å². The van der Waals surface area contributed by atoms with Crippen LogP contribution < -0.4 is 14.8 Å². The van der Waals surface area contributed by atoms with Gasteiger partial charge in [-0.2, -0.15) is 0 Å². The quantitative estimate of drug-likeness (QED) is 0.771. The van der Waals surface area contributed by atoms with Crippen LogP contribution in [0, 0.1) is 0 Å². The minimum atomic E-state index is -0.0820. The van der Waals surface area contributed by atoms with Crippen LogP contribution in [-0.2, 0) is 0 Å². The van der Waals surface area contributed by atoms with E-state index in [0.29, 0.717) is 23.0 Å². The van der Waals surface area contributed by atoms with Crippen molar-refractivity contribution in [1.82, 2.24) is 14.9 Å². The lowest BCUT2D eigenvalue weighted by molar-refractivity contribution is 0.0964. The van der Waals surface area contributed by atoms with Gasteiger partial charge in [0.1, 0.15) is 0 Å². The van der Waals surface area contributed by atoms with E-state index in [9.17, 15) is 4.79 Å². The summed E-state index contributed by atoms with van der Waals surface area (Å²) in [5.41, 5.74) is 3.51. The van der Waals surface area contributed by atoms with Crippen molar-refractivity contribution in [1.29, 1.82) is 0 Å². The molecule has 0 bridgehead atoms. The van der Waals surface area contributed by atoms with Crippen LogP contribution in [0.2, 0.25) is 0 Å². The first-order valence-electron chi connectivity index (χ1n) is 8.92. The highest BCUT2D eigenvalue weighted by molar-refractivity contribution is 6.02. The number of pyridine rings is 1. The lowest BCUT2D eigenvalue weighted by Gasteiger charge is -2.21. The first-order valence-corrected chi connectivity index (χ1v) is 8.92. The molecule has 0 unspecified atom stereocenters. The number of carbonyl (C=O) groups excluding carboxylic acids is 1. The molecule has 26 heavy (non-hydrogen) atoms. The third kappa shape index (κ3) is 2.45. The molecule has 2 aliphatic heterocycles. The molecule has 1 saturated heterocycles. The number of hydrogen-bond donors (Lipinski definition) is 1. The normalized spacial score (nSPS) is 16.9. The van der Waals surface area contributed by atoms with E-state index in [1.54, 1.807) is 29.0 Å². The van der Waals surface area contributed by atoms with E-state index >= 15 is 0 Å². The van der Waals surface area contributed by atoms with E-state index in [1.165, 1.54) is 0 Å². The maximum absolute atomic E-state index is 13.2. The van der Waals surface area contributed by atoms with Crippen molar-refractivity contribution in [3.63, 3.8) is 0 Å². The van der Waals surface area contributed by atoms with Crippen molar-refractivity contribution >= 4 is 16.9 Å². The Morgan fingerprint density at radius 2 is 2.00 bits per heavy atom. The van der Waals surface area contributed by atoms with Crippen molar-refractivity contribution in [2.45, 2.75) is 18.8 Å². The van der Waals surface area contributed by atoms with Gasteiger partial charge in [-0.3, -0.25) is 14.3 Å². The Balaban J connectivity index is 1.59. The largest absolute Gasteiger partial charge is 0.454 e. The fourth-order valence-corrected chi connectivity index (χ4v) is 3.85. The number of fused-ring (bicyclic) bond motifs is 2. The second-order valence-electron chi connectivity index (χ2n) is 6.72. The van der Waals surface area contributed by atoms with Gasteiger partial charge in [0, 0.05) is 18.0 Å². The molecule has 132 valence electrons.